The first-order chi connectivity index (χ1) is 12.6. The molecule has 26 heavy (non-hydrogen) atoms. The van der Waals surface area contributed by atoms with Gasteiger partial charge in [-0.3, -0.25) is 4.90 Å². The van der Waals surface area contributed by atoms with Crippen molar-refractivity contribution in [3.63, 3.8) is 0 Å². The van der Waals surface area contributed by atoms with Crippen molar-refractivity contribution in [2.24, 2.45) is 0 Å². The Kier molecular flexibility index (Phi) is 6.80. The summed E-state index contributed by atoms with van der Waals surface area (Å²) in [6, 6.07) is 5.39. The van der Waals surface area contributed by atoms with Gasteiger partial charge in [0.2, 0.25) is 0 Å². The Labute approximate surface area is 163 Å². The van der Waals surface area contributed by atoms with Gasteiger partial charge in [-0.2, -0.15) is 0 Å². The van der Waals surface area contributed by atoms with E-state index in [2.05, 4.69) is 9.21 Å². The molecule has 2 aromatic rings. The Balaban J connectivity index is 0.000000948. The fraction of sp³-hybridized carbons (Fsp3) is 0.579. The van der Waals surface area contributed by atoms with Crippen molar-refractivity contribution < 1.29 is 14.2 Å². The average Bonchev–Trinajstić information content (AvgIpc) is 3.35. The highest BCUT2D eigenvalue weighted by Crippen LogP contribution is 2.46. The van der Waals surface area contributed by atoms with Crippen molar-refractivity contribution in [2.75, 3.05) is 33.3 Å². The van der Waals surface area contributed by atoms with Gasteiger partial charge in [-0.1, -0.05) is 13.8 Å². The van der Waals surface area contributed by atoms with E-state index in [1.165, 1.54) is 6.07 Å². The molecule has 1 aromatic carbocycles. The lowest BCUT2D eigenvalue weighted by Crippen LogP contribution is -2.35. The number of thiophene rings is 1. The number of benzene rings is 1. The molecule has 0 spiro atoms. The van der Waals surface area contributed by atoms with E-state index in [9.17, 15) is 9.50 Å². The van der Waals surface area contributed by atoms with Crippen LogP contribution in [0.1, 0.15) is 26.7 Å². The summed E-state index contributed by atoms with van der Waals surface area (Å²) in [5.41, 5.74) is 0. The van der Waals surface area contributed by atoms with Crippen LogP contribution >= 0.6 is 23.3 Å². The summed E-state index contributed by atoms with van der Waals surface area (Å²) >= 11 is 3.37. The normalized spacial score (nSPS) is 24.0. The predicted octanol–water partition coefficient (Wildman–Crippen LogP) is 4.22. The molecule has 2 atom stereocenters. The van der Waals surface area contributed by atoms with Gasteiger partial charge in [-0.15, -0.1) is 11.3 Å². The Bertz CT molecular complexity index is 740. The maximum Gasteiger partial charge on any atom is 0.152 e. The second-order valence-corrected chi connectivity index (χ2v) is 8.84. The van der Waals surface area contributed by atoms with Crippen molar-refractivity contribution in [1.82, 2.24) is 9.21 Å². The SMILES string of the molecule is CC.COc1c(SN2CCC(N3CCC(O)C3)C2)sc2ccc(F)cc12. The lowest BCUT2D eigenvalue weighted by molar-refractivity contribution is 0.161. The minimum Gasteiger partial charge on any atom is -0.494 e. The lowest BCUT2D eigenvalue weighted by atomic mass is 10.2. The second-order valence-electron chi connectivity index (χ2n) is 6.42. The van der Waals surface area contributed by atoms with Gasteiger partial charge in [0.15, 0.2) is 5.75 Å². The van der Waals surface area contributed by atoms with E-state index < -0.39 is 0 Å². The molecule has 3 heterocycles. The van der Waals surface area contributed by atoms with Gasteiger partial charge in [0.05, 0.1) is 13.2 Å². The monoisotopic (exact) mass is 398 g/mol. The largest absolute Gasteiger partial charge is 0.494 e. The number of halogens is 1. The number of aliphatic hydroxyl groups excluding tert-OH is 1. The first-order valence-corrected chi connectivity index (χ1v) is 10.8. The van der Waals surface area contributed by atoms with Gasteiger partial charge in [0, 0.05) is 42.3 Å². The molecule has 0 bridgehead atoms. The van der Waals surface area contributed by atoms with Crippen LogP contribution in [0.3, 0.4) is 0 Å². The van der Waals surface area contributed by atoms with Crippen LogP contribution < -0.4 is 4.74 Å². The maximum absolute atomic E-state index is 13.5. The highest BCUT2D eigenvalue weighted by molar-refractivity contribution is 7.99. The van der Waals surface area contributed by atoms with Gasteiger partial charge < -0.3 is 9.84 Å². The van der Waals surface area contributed by atoms with Crippen molar-refractivity contribution in [3.8, 4) is 5.75 Å². The molecule has 0 saturated carbocycles. The molecular weight excluding hydrogens is 371 g/mol. The maximum atomic E-state index is 13.5. The van der Waals surface area contributed by atoms with Gasteiger partial charge in [0.25, 0.3) is 0 Å². The van der Waals surface area contributed by atoms with E-state index in [-0.39, 0.29) is 11.9 Å². The summed E-state index contributed by atoms with van der Waals surface area (Å²) in [4.78, 5) is 2.41. The van der Waals surface area contributed by atoms with Crippen LogP contribution in [0.25, 0.3) is 10.1 Å². The van der Waals surface area contributed by atoms with Gasteiger partial charge in [-0.05, 0) is 43.0 Å². The molecule has 0 aliphatic carbocycles. The average molecular weight is 399 g/mol. The Morgan fingerprint density at radius 3 is 2.73 bits per heavy atom. The number of nitrogens with zero attached hydrogens (tertiary/aromatic N) is 2. The Morgan fingerprint density at radius 2 is 2.04 bits per heavy atom. The molecular formula is C19H27FN2O2S2. The standard InChI is InChI=1S/C17H21FN2O2S2.C2H6/c1-22-16-14-8-11(18)2-3-15(14)23-17(16)24-20-7-4-12(9-20)19-6-5-13(21)10-19;1-2/h2-3,8,12-13,21H,4-7,9-10H2,1H3;1-2H3. The molecule has 2 aliphatic rings. The van der Waals surface area contributed by atoms with Crippen LogP contribution in [-0.4, -0.2) is 59.7 Å². The van der Waals surface area contributed by atoms with Crippen molar-refractivity contribution in [1.29, 1.82) is 0 Å². The van der Waals surface area contributed by atoms with Crippen LogP contribution in [0.15, 0.2) is 22.4 Å². The second kappa shape index (κ2) is 8.89. The number of likely N-dealkylation sites (tertiary alicyclic amines) is 1. The summed E-state index contributed by atoms with van der Waals surface area (Å²) in [5, 5.41) is 10.6. The minimum atomic E-state index is -0.232. The summed E-state index contributed by atoms with van der Waals surface area (Å²) in [7, 11) is 1.65. The van der Waals surface area contributed by atoms with E-state index in [0.29, 0.717) is 6.04 Å². The molecule has 0 amide bonds. The highest BCUT2D eigenvalue weighted by atomic mass is 32.2. The quantitative estimate of drug-likeness (QED) is 0.780. The zero-order valence-corrected chi connectivity index (χ0v) is 17.2. The first-order valence-electron chi connectivity index (χ1n) is 9.25. The van der Waals surface area contributed by atoms with Crippen LogP contribution in [0.5, 0.6) is 5.75 Å². The van der Waals surface area contributed by atoms with Crippen LogP contribution in [0.4, 0.5) is 4.39 Å². The molecule has 144 valence electrons. The molecule has 0 radical (unpaired) electrons. The summed E-state index contributed by atoms with van der Waals surface area (Å²) in [5.74, 6) is 0.545. The van der Waals surface area contributed by atoms with E-state index in [4.69, 9.17) is 4.74 Å². The third-order valence-corrected chi connectivity index (χ3v) is 7.19. The molecule has 1 N–H and O–H groups in total. The van der Waals surface area contributed by atoms with E-state index in [1.807, 2.05) is 19.9 Å². The Morgan fingerprint density at radius 1 is 1.23 bits per heavy atom. The lowest BCUT2D eigenvalue weighted by Gasteiger charge is -2.23. The van der Waals surface area contributed by atoms with Gasteiger partial charge in [0.1, 0.15) is 10.0 Å². The molecule has 4 nitrogen and oxygen atoms in total. The number of methoxy groups -OCH3 is 1. The number of hydrogen-bond donors (Lipinski definition) is 1. The minimum absolute atomic E-state index is 0.163. The van der Waals surface area contributed by atoms with Gasteiger partial charge >= 0.3 is 0 Å². The number of aliphatic hydroxyl groups is 1. The molecule has 4 rings (SSSR count). The third kappa shape index (κ3) is 4.17. The summed E-state index contributed by atoms with van der Waals surface area (Å²) in [6.45, 7) is 7.81. The zero-order valence-electron chi connectivity index (χ0n) is 15.6. The molecule has 1 aromatic heterocycles. The van der Waals surface area contributed by atoms with Gasteiger partial charge in [-0.25, -0.2) is 8.70 Å². The Hall–Kier alpha value is -0.860. The fourth-order valence-corrected chi connectivity index (χ4v) is 6.16. The van der Waals surface area contributed by atoms with Crippen molar-refractivity contribution >= 4 is 33.4 Å². The molecule has 2 aliphatic heterocycles. The summed E-state index contributed by atoms with van der Waals surface area (Å²) in [6.07, 6.45) is 1.85. The molecule has 2 unspecified atom stereocenters. The smallest absolute Gasteiger partial charge is 0.152 e. The summed E-state index contributed by atoms with van der Waals surface area (Å²) < 4.78 is 23.6. The van der Waals surface area contributed by atoms with E-state index in [0.717, 1.165) is 59.1 Å². The third-order valence-electron chi connectivity index (χ3n) is 4.83. The van der Waals surface area contributed by atoms with E-state index in [1.54, 1.807) is 36.5 Å². The topological polar surface area (TPSA) is 35.9 Å². The van der Waals surface area contributed by atoms with Crippen LogP contribution in [0, 0.1) is 5.82 Å². The van der Waals surface area contributed by atoms with Crippen LogP contribution in [0.2, 0.25) is 0 Å². The van der Waals surface area contributed by atoms with Crippen LogP contribution in [-0.2, 0) is 0 Å². The zero-order chi connectivity index (χ0) is 18.7. The number of ether oxygens (including phenoxy) is 1. The molecule has 2 fully saturated rings. The first kappa shape index (κ1) is 19.9. The van der Waals surface area contributed by atoms with Crippen molar-refractivity contribution in [3.05, 3.63) is 24.0 Å². The van der Waals surface area contributed by atoms with E-state index >= 15 is 0 Å². The number of hydrogen-bond acceptors (Lipinski definition) is 6. The molecule has 2 saturated heterocycles. The molecule has 7 heteroatoms. The van der Waals surface area contributed by atoms with Crippen molar-refractivity contribution in [2.45, 2.75) is 43.0 Å². The highest BCUT2D eigenvalue weighted by Gasteiger charge is 2.33. The predicted molar refractivity (Wildman–Crippen MR) is 108 cm³/mol. The number of fused-ring (bicyclic) bond motifs is 1. The number of β-amino-alcohol motifs (C(OH)–C–C–N with tert-alkyl or cyclic N) is 1. The number of rotatable bonds is 4. The fourth-order valence-electron chi connectivity index (χ4n) is 3.59.